The molecule has 1 aliphatic carbocycles. The predicted octanol–water partition coefficient (Wildman–Crippen LogP) is 3.05. The molecule has 0 bridgehead atoms. The molecule has 3 atom stereocenters. The van der Waals surface area contributed by atoms with Gasteiger partial charge in [0.25, 0.3) is 0 Å². The van der Waals surface area contributed by atoms with Crippen molar-refractivity contribution in [3.05, 3.63) is 10.4 Å². The van der Waals surface area contributed by atoms with Gasteiger partial charge in [0.05, 0.1) is 13.2 Å². The van der Waals surface area contributed by atoms with Gasteiger partial charge in [-0.1, -0.05) is 44.1 Å². The second kappa shape index (κ2) is 8.20. The van der Waals surface area contributed by atoms with Gasteiger partial charge in [-0.3, -0.25) is 4.79 Å². The highest BCUT2D eigenvalue weighted by Crippen LogP contribution is 2.31. The summed E-state index contributed by atoms with van der Waals surface area (Å²) in [6, 6.07) is -0.980. The van der Waals surface area contributed by atoms with Crippen LogP contribution in [0.4, 0.5) is 0 Å². The smallest absolute Gasteiger partial charge is 0.328 e. The summed E-state index contributed by atoms with van der Waals surface area (Å²) in [5.41, 5.74) is 8.60. The van der Waals surface area contributed by atoms with Crippen LogP contribution in [0.15, 0.2) is 5.11 Å². The molecule has 0 aromatic heterocycles. The SMILES string of the molecule is COC(=O)[C@@H]1C[C@H](N=[N+]=[N-])CN1C(=O)[C@H](C)CC1CCCCC1. The third kappa shape index (κ3) is 4.38. The Balaban J connectivity index is 2.01. The van der Waals surface area contributed by atoms with Crippen molar-refractivity contribution in [2.75, 3.05) is 13.7 Å². The Kier molecular flexibility index (Phi) is 6.28. The first-order valence-electron chi connectivity index (χ1n) is 8.49. The monoisotopic (exact) mass is 322 g/mol. The van der Waals surface area contributed by atoms with E-state index in [2.05, 4.69) is 10.0 Å². The first-order valence-corrected chi connectivity index (χ1v) is 8.49. The topological polar surface area (TPSA) is 95.4 Å². The number of esters is 1. The summed E-state index contributed by atoms with van der Waals surface area (Å²) in [6.45, 7) is 2.24. The summed E-state index contributed by atoms with van der Waals surface area (Å²) < 4.78 is 4.80. The molecule has 7 nitrogen and oxygen atoms in total. The summed E-state index contributed by atoms with van der Waals surface area (Å²) in [4.78, 5) is 29.1. The number of hydrogen-bond donors (Lipinski definition) is 0. The minimum Gasteiger partial charge on any atom is -0.467 e. The molecule has 0 aromatic carbocycles. The Morgan fingerprint density at radius 2 is 2.04 bits per heavy atom. The summed E-state index contributed by atoms with van der Waals surface area (Å²) in [5.74, 6) is 0.0327. The van der Waals surface area contributed by atoms with Gasteiger partial charge in [-0.05, 0) is 24.3 Å². The Morgan fingerprint density at radius 1 is 1.35 bits per heavy atom. The van der Waals surface area contributed by atoms with Crippen LogP contribution in [0.25, 0.3) is 10.4 Å². The van der Waals surface area contributed by atoms with Crippen LogP contribution in [0.5, 0.6) is 0 Å². The molecular weight excluding hydrogens is 296 g/mol. The second-order valence-corrected chi connectivity index (χ2v) is 6.76. The predicted molar refractivity (Wildman–Crippen MR) is 85.4 cm³/mol. The molecule has 128 valence electrons. The lowest BCUT2D eigenvalue weighted by molar-refractivity contribution is -0.152. The highest BCUT2D eigenvalue weighted by molar-refractivity contribution is 5.86. The lowest BCUT2D eigenvalue weighted by atomic mass is 9.83. The number of ether oxygens (including phenoxy) is 1. The molecule has 23 heavy (non-hydrogen) atoms. The van der Waals surface area contributed by atoms with Crippen LogP contribution in [0, 0.1) is 11.8 Å². The number of hydrogen-bond acceptors (Lipinski definition) is 4. The Morgan fingerprint density at radius 3 is 2.65 bits per heavy atom. The standard InChI is InChI=1S/C16H26N4O3/c1-11(8-12-6-4-3-5-7-12)15(21)20-10-13(18-19-17)9-14(20)16(22)23-2/h11-14H,3-10H2,1-2H3/t11-,13+,14+/m1/s1. The summed E-state index contributed by atoms with van der Waals surface area (Å²) >= 11 is 0. The number of azide groups is 1. The van der Waals surface area contributed by atoms with Crippen molar-refractivity contribution < 1.29 is 14.3 Å². The normalized spacial score (nSPS) is 26.4. The molecule has 1 saturated heterocycles. The number of carbonyl (C=O) groups excluding carboxylic acids is 2. The third-order valence-electron chi connectivity index (χ3n) is 5.08. The molecule has 2 aliphatic rings. The number of amides is 1. The van der Waals surface area contributed by atoms with Crippen molar-refractivity contribution in [3.63, 3.8) is 0 Å². The van der Waals surface area contributed by atoms with Crippen molar-refractivity contribution in [1.29, 1.82) is 0 Å². The lowest BCUT2D eigenvalue weighted by Crippen LogP contribution is -2.44. The fourth-order valence-electron chi connectivity index (χ4n) is 3.88. The molecule has 1 saturated carbocycles. The Labute approximate surface area is 137 Å². The number of carbonyl (C=O) groups is 2. The maximum Gasteiger partial charge on any atom is 0.328 e. The van der Waals surface area contributed by atoms with Gasteiger partial charge < -0.3 is 9.64 Å². The average molecular weight is 322 g/mol. The van der Waals surface area contributed by atoms with E-state index in [9.17, 15) is 9.59 Å². The highest BCUT2D eigenvalue weighted by Gasteiger charge is 2.41. The molecular formula is C16H26N4O3. The summed E-state index contributed by atoms with van der Waals surface area (Å²) in [6.07, 6.45) is 7.40. The van der Waals surface area contributed by atoms with Crippen LogP contribution >= 0.6 is 0 Å². The molecule has 0 unspecified atom stereocenters. The largest absolute Gasteiger partial charge is 0.467 e. The molecule has 2 rings (SSSR count). The Hall–Kier alpha value is -1.75. The molecule has 0 spiro atoms. The minimum absolute atomic E-state index is 0.0263. The zero-order chi connectivity index (χ0) is 16.8. The van der Waals surface area contributed by atoms with E-state index in [1.165, 1.54) is 39.2 Å². The van der Waals surface area contributed by atoms with Crippen LogP contribution in [0.3, 0.4) is 0 Å². The van der Waals surface area contributed by atoms with E-state index in [1.807, 2.05) is 6.92 Å². The van der Waals surface area contributed by atoms with E-state index < -0.39 is 12.0 Å². The maximum atomic E-state index is 12.8. The molecule has 0 aromatic rings. The number of likely N-dealkylation sites (tertiary alicyclic amines) is 1. The van der Waals surface area contributed by atoms with Gasteiger partial charge in [0.15, 0.2) is 0 Å². The number of rotatable bonds is 5. The molecule has 2 fully saturated rings. The zero-order valence-corrected chi connectivity index (χ0v) is 14.0. The van der Waals surface area contributed by atoms with Gasteiger partial charge in [-0.25, -0.2) is 4.79 Å². The van der Waals surface area contributed by atoms with Crippen LogP contribution in [0.2, 0.25) is 0 Å². The van der Waals surface area contributed by atoms with Crippen LogP contribution < -0.4 is 0 Å². The van der Waals surface area contributed by atoms with E-state index >= 15 is 0 Å². The van der Waals surface area contributed by atoms with Gasteiger partial charge in [0, 0.05) is 17.4 Å². The highest BCUT2D eigenvalue weighted by atomic mass is 16.5. The van der Waals surface area contributed by atoms with E-state index in [4.69, 9.17) is 10.3 Å². The summed E-state index contributed by atoms with van der Waals surface area (Å²) in [7, 11) is 1.32. The molecule has 1 amide bonds. The third-order valence-corrected chi connectivity index (χ3v) is 5.08. The van der Waals surface area contributed by atoms with E-state index in [0.717, 1.165) is 6.42 Å². The van der Waals surface area contributed by atoms with Gasteiger partial charge in [-0.15, -0.1) is 0 Å². The average Bonchev–Trinajstić information content (AvgIpc) is 2.98. The van der Waals surface area contributed by atoms with E-state index in [0.29, 0.717) is 18.9 Å². The molecule has 0 radical (unpaired) electrons. The fourth-order valence-corrected chi connectivity index (χ4v) is 3.88. The van der Waals surface area contributed by atoms with Gasteiger partial charge in [0.1, 0.15) is 6.04 Å². The fraction of sp³-hybridized carbons (Fsp3) is 0.875. The number of methoxy groups -OCH3 is 1. The molecule has 1 heterocycles. The molecule has 0 N–H and O–H groups in total. The van der Waals surface area contributed by atoms with Crippen molar-refractivity contribution in [1.82, 2.24) is 4.90 Å². The first kappa shape index (κ1) is 17.6. The lowest BCUT2D eigenvalue weighted by Gasteiger charge is -2.29. The van der Waals surface area contributed by atoms with Crippen molar-refractivity contribution >= 4 is 11.9 Å². The van der Waals surface area contributed by atoms with Crippen molar-refractivity contribution in [3.8, 4) is 0 Å². The first-order chi connectivity index (χ1) is 11.1. The van der Waals surface area contributed by atoms with Gasteiger partial charge in [-0.2, -0.15) is 0 Å². The quantitative estimate of drug-likeness (QED) is 0.337. The van der Waals surface area contributed by atoms with Gasteiger partial charge >= 0.3 is 5.97 Å². The minimum atomic E-state index is -0.628. The molecule has 1 aliphatic heterocycles. The van der Waals surface area contributed by atoms with Crippen LogP contribution in [-0.2, 0) is 14.3 Å². The van der Waals surface area contributed by atoms with Crippen molar-refractivity contribution in [2.45, 2.75) is 64.0 Å². The van der Waals surface area contributed by atoms with Crippen molar-refractivity contribution in [2.24, 2.45) is 17.0 Å². The van der Waals surface area contributed by atoms with Gasteiger partial charge in [0.2, 0.25) is 5.91 Å². The maximum absolute atomic E-state index is 12.8. The van der Waals surface area contributed by atoms with Crippen LogP contribution in [0.1, 0.15) is 51.9 Å². The molecule has 7 heteroatoms. The second-order valence-electron chi connectivity index (χ2n) is 6.76. The summed E-state index contributed by atoms with van der Waals surface area (Å²) in [5, 5.41) is 3.68. The van der Waals surface area contributed by atoms with Crippen LogP contribution in [-0.4, -0.2) is 42.5 Å². The Bertz CT molecular complexity index is 484. The number of nitrogens with zero attached hydrogens (tertiary/aromatic N) is 4. The zero-order valence-electron chi connectivity index (χ0n) is 14.0. The van der Waals surface area contributed by atoms with E-state index in [-0.39, 0.29) is 17.9 Å². The van der Waals surface area contributed by atoms with E-state index in [1.54, 1.807) is 4.90 Å².